The fraction of sp³-hybridized carbons (Fsp3) is 0.375. The first-order chi connectivity index (χ1) is 15.1. The molecule has 0 saturated carbocycles. The summed E-state index contributed by atoms with van der Waals surface area (Å²) in [7, 11) is 0. The van der Waals surface area contributed by atoms with Crippen LogP contribution in [-0.4, -0.2) is 18.4 Å². The van der Waals surface area contributed by atoms with Gasteiger partial charge >= 0.3 is 0 Å². The summed E-state index contributed by atoms with van der Waals surface area (Å²) in [5, 5.41) is 4.59. The van der Waals surface area contributed by atoms with Crippen molar-refractivity contribution in [2.45, 2.75) is 46.1 Å². The summed E-state index contributed by atoms with van der Waals surface area (Å²) >= 11 is 6.53. The molecule has 1 heterocycles. The molecule has 3 aromatic rings. The Labute approximate surface area is 187 Å². The van der Waals surface area contributed by atoms with E-state index in [0.29, 0.717) is 52.3 Å². The van der Waals surface area contributed by atoms with E-state index < -0.39 is 0 Å². The minimum absolute atomic E-state index is 0.175. The first-order valence-corrected chi connectivity index (χ1v) is 11.0. The molecule has 1 aromatic heterocycles. The van der Waals surface area contributed by atoms with Gasteiger partial charge in [0.1, 0.15) is 23.0 Å². The summed E-state index contributed by atoms with van der Waals surface area (Å²) in [5.41, 5.74) is 8.55. The van der Waals surface area contributed by atoms with E-state index in [1.54, 1.807) is 24.3 Å². The van der Waals surface area contributed by atoms with Crippen LogP contribution in [0, 0.1) is 5.82 Å². The van der Waals surface area contributed by atoms with Gasteiger partial charge in [-0.1, -0.05) is 55.6 Å². The molecule has 2 aromatic carbocycles. The molecule has 0 radical (unpaired) electrons. The molecule has 0 amide bonds. The maximum atomic E-state index is 13.5. The second-order valence-electron chi connectivity index (χ2n) is 7.23. The number of unbranched alkanes of at least 4 members (excludes halogenated alkanes) is 2. The normalized spacial score (nSPS) is 11.0. The second-order valence-corrected chi connectivity index (χ2v) is 7.63. The van der Waals surface area contributed by atoms with E-state index in [0.717, 1.165) is 31.2 Å². The largest absolute Gasteiger partial charge is 0.493 e. The zero-order valence-corrected chi connectivity index (χ0v) is 18.7. The van der Waals surface area contributed by atoms with Crippen molar-refractivity contribution in [3.8, 4) is 33.9 Å². The average Bonchev–Trinajstić information content (AvgIpc) is 3.20. The van der Waals surface area contributed by atoms with Gasteiger partial charge < -0.3 is 19.7 Å². The zero-order valence-electron chi connectivity index (χ0n) is 17.9. The number of hydrogen-bond donors (Lipinski definition) is 1. The quantitative estimate of drug-likeness (QED) is 0.335. The smallest absolute Gasteiger partial charge is 0.178 e. The Kier molecular flexibility index (Phi) is 8.32. The Balaban J connectivity index is 2.09. The fourth-order valence-corrected chi connectivity index (χ4v) is 3.37. The highest BCUT2D eigenvalue weighted by Gasteiger charge is 2.23. The molecule has 0 unspecified atom stereocenters. The first kappa shape index (κ1) is 23.1. The lowest BCUT2D eigenvalue weighted by atomic mass is 9.98. The molecule has 0 atom stereocenters. The molecule has 2 N–H and O–H groups in total. The number of nitrogens with two attached hydrogens (primary N) is 1. The highest BCUT2D eigenvalue weighted by atomic mass is 35.5. The molecule has 0 saturated heterocycles. The topological polar surface area (TPSA) is 70.5 Å². The highest BCUT2D eigenvalue weighted by molar-refractivity contribution is 6.32. The van der Waals surface area contributed by atoms with Crippen LogP contribution in [0.5, 0.6) is 11.5 Å². The first-order valence-electron chi connectivity index (χ1n) is 10.6. The van der Waals surface area contributed by atoms with E-state index in [4.69, 9.17) is 31.3 Å². The minimum atomic E-state index is -0.323. The maximum absolute atomic E-state index is 13.5. The Morgan fingerprint density at radius 1 is 1.00 bits per heavy atom. The summed E-state index contributed by atoms with van der Waals surface area (Å²) in [4.78, 5) is 0. The van der Waals surface area contributed by atoms with Gasteiger partial charge in [0.15, 0.2) is 5.76 Å². The fourth-order valence-electron chi connectivity index (χ4n) is 3.16. The third kappa shape index (κ3) is 5.57. The van der Waals surface area contributed by atoms with Crippen molar-refractivity contribution in [2.24, 2.45) is 5.73 Å². The van der Waals surface area contributed by atoms with Crippen LogP contribution in [0.3, 0.4) is 0 Å². The van der Waals surface area contributed by atoms with E-state index in [2.05, 4.69) is 19.0 Å². The van der Waals surface area contributed by atoms with Gasteiger partial charge in [-0.2, -0.15) is 0 Å². The van der Waals surface area contributed by atoms with Crippen molar-refractivity contribution >= 4 is 11.6 Å². The molecule has 5 nitrogen and oxygen atoms in total. The van der Waals surface area contributed by atoms with Gasteiger partial charge in [-0.05, 0) is 36.6 Å². The van der Waals surface area contributed by atoms with Crippen molar-refractivity contribution in [2.75, 3.05) is 13.2 Å². The minimum Gasteiger partial charge on any atom is -0.493 e. The van der Waals surface area contributed by atoms with Crippen molar-refractivity contribution in [1.29, 1.82) is 0 Å². The molecular weight excluding hydrogens is 419 g/mol. The number of benzene rings is 2. The lowest BCUT2D eigenvalue weighted by Crippen LogP contribution is -2.02. The maximum Gasteiger partial charge on any atom is 0.178 e. The Morgan fingerprint density at radius 2 is 1.65 bits per heavy atom. The van der Waals surface area contributed by atoms with Gasteiger partial charge in [-0.15, -0.1) is 0 Å². The molecule has 0 spiro atoms. The van der Waals surface area contributed by atoms with Gasteiger partial charge in [0.2, 0.25) is 0 Å². The summed E-state index contributed by atoms with van der Waals surface area (Å²) in [6.45, 7) is 5.49. The number of rotatable bonds is 11. The third-order valence-electron chi connectivity index (χ3n) is 4.88. The lowest BCUT2D eigenvalue weighted by molar-refractivity contribution is 0.294. The second kappa shape index (κ2) is 11.2. The van der Waals surface area contributed by atoms with Gasteiger partial charge in [0.25, 0.3) is 0 Å². The van der Waals surface area contributed by atoms with Gasteiger partial charge in [0.05, 0.1) is 29.4 Å². The van der Waals surface area contributed by atoms with Gasteiger partial charge in [-0.25, -0.2) is 4.39 Å². The molecule has 0 bridgehead atoms. The number of ether oxygens (including phenoxy) is 2. The van der Waals surface area contributed by atoms with Crippen LogP contribution in [0.2, 0.25) is 5.02 Å². The Bertz CT molecular complexity index is 989. The van der Waals surface area contributed by atoms with E-state index in [9.17, 15) is 4.39 Å². The van der Waals surface area contributed by atoms with E-state index in [1.807, 2.05) is 0 Å². The zero-order chi connectivity index (χ0) is 22.2. The van der Waals surface area contributed by atoms with Crippen LogP contribution in [0.4, 0.5) is 4.39 Å². The molecule has 0 fully saturated rings. The van der Waals surface area contributed by atoms with Crippen LogP contribution >= 0.6 is 11.6 Å². The Morgan fingerprint density at radius 3 is 2.26 bits per heavy atom. The number of aromatic nitrogens is 1. The van der Waals surface area contributed by atoms with Crippen molar-refractivity contribution < 1.29 is 18.4 Å². The molecule has 0 aliphatic carbocycles. The van der Waals surface area contributed by atoms with Crippen LogP contribution in [0.25, 0.3) is 22.5 Å². The van der Waals surface area contributed by atoms with Crippen molar-refractivity contribution in [1.82, 2.24) is 5.16 Å². The highest BCUT2D eigenvalue weighted by Crippen LogP contribution is 2.43. The molecule has 3 rings (SSSR count). The predicted octanol–water partition coefficient (Wildman–Crippen LogP) is 6.62. The summed E-state index contributed by atoms with van der Waals surface area (Å²) in [6.07, 6.45) is 3.86. The van der Waals surface area contributed by atoms with E-state index in [-0.39, 0.29) is 12.4 Å². The SMILES string of the molecule is CCCCOc1cc(OCCCC)c(-c2onc(CN)c2-c2ccc(F)cc2)cc1Cl. The molecular formula is C24H28ClFN2O3. The van der Waals surface area contributed by atoms with E-state index >= 15 is 0 Å². The molecule has 166 valence electrons. The van der Waals surface area contributed by atoms with Crippen LogP contribution in [0.15, 0.2) is 40.9 Å². The standard InChI is InChI=1S/C24H28ClFN2O3/c1-3-5-11-29-21-14-22(30-12-6-4-2)19(25)13-18(21)24-23(20(15-27)28-31-24)16-7-9-17(26)10-8-16/h7-10,13-14H,3-6,11-12,15,27H2,1-2H3. The summed E-state index contributed by atoms with van der Waals surface area (Å²) < 4.78 is 31.1. The van der Waals surface area contributed by atoms with Crippen LogP contribution < -0.4 is 15.2 Å². The molecule has 7 heteroatoms. The van der Waals surface area contributed by atoms with Crippen molar-refractivity contribution in [3.63, 3.8) is 0 Å². The van der Waals surface area contributed by atoms with Crippen LogP contribution in [-0.2, 0) is 6.54 Å². The Hall–Kier alpha value is -2.57. The molecule has 0 aliphatic rings. The van der Waals surface area contributed by atoms with Crippen LogP contribution in [0.1, 0.15) is 45.2 Å². The third-order valence-corrected chi connectivity index (χ3v) is 5.17. The predicted molar refractivity (Wildman–Crippen MR) is 121 cm³/mol. The average molecular weight is 447 g/mol. The number of hydrogen-bond acceptors (Lipinski definition) is 5. The summed E-state index contributed by atoms with van der Waals surface area (Å²) in [5.74, 6) is 1.30. The number of nitrogens with zero attached hydrogens (tertiary/aromatic N) is 1. The van der Waals surface area contributed by atoms with E-state index in [1.165, 1.54) is 12.1 Å². The number of halogens is 2. The van der Waals surface area contributed by atoms with Gasteiger partial charge in [-0.3, -0.25) is 0 Å². The monoisotopic (exact) mass is 446 g/mol. The molecule has 0 aliphatic heterocycles. The summed E-state index contributed by atoms with van der Waals surface area (Å²) in [6, 6.07) is 9.68. The molecule has 31 heavy (non-hydrogen) atoms. The lowest BCUT2D eigenvalue weighted by Gasteiger charge is -2.15. The van der Waals surface area contributed by atoms with Gasteiger partial charge in [0, 0.05) is 12.6 Å². The van der Waals surface area contributed by atoms with Crippen molar-refractivity contribution in [3.05, 3.63) is 52.9 Å².